The number of nitrogens with zero attached hydrogens (tertiary/aromatic N) is 3. The van der Waals surface area contributed by atoms with Crippen molar-refractivity contribution in [2.45, 2.75) is 39.7 Å². The molecule has 3 aromatic rings. The average Bonchev–Trinajstić information content (AvgIpc) is 3.18. The number of rotatable bonds is 5. The third kappa shape index (κ3) is 2.79. The molecule has 0 N–H and O–H groups in total. The van der Waals surface area contributed by atoms with E-state index < -0.39 is 6.04 Å². The molecule has 0 amide bonds. The summed E-state index contributed by atoms with van der Waals surface area (Å²) < 4.78 is 12.9. The zero-order valence-corrected chi connectivity index (χ0v) is 14.3. The maximum atomic E-state index is 12.3. The largest absolute Gasteiger partial charge is 0.464 e. The summed E-state index contributed by atoms with van der Waals surface area (Å²) in [6.07, 6.45) is 0. The molecule has 0 aliphatic carbocycles. The molecule has 0 bridgehead atoms. The molecule has 3 rings (SSSR count). The molecule has 0 saturated carbocycles. The number of benzene rings is 1. The minimum atomic E-state index is -0.491. The van der Waals surface area contributed by atoms with Gasteiger partial charge in [-0.2, -0.15) is 0 Å². The van der Waals surface area contributed by atoms with Crippen LogP contribution in [0, 0.1) is 0 Å². The molecule has 1 aromatic carbocycles. The minimum Gasteiger partial charge on any atom is -0.464 e. The zero-order chi connectivity index (χ0) is 17.3. The third-order valence-corrected chi connectivity index (χ3v) is 3.92. The molecule has 2 aromatic heterocycles. The van der Waals surface area contributed by atoms with Crippen molar-refractivity contribution in [1.29, 1.82) is 0 Å². The van der Waals surface area contributed by atoms with Gasteiger partial charge in [-0.05, 0) is 26.0 Å². The Kier molecular flexibility index (Phi) is 4.38. The molecular weight excluding hydrogens is 306 g/mol. The summed E-state index contributed by atoms with van der Waals surface area (Å²) in [6, 6.07) is 9.32. The molecule has 0 saturated heterocycles. The summed E-state index contributed by atoms with van der Waals surface area (Å²) in [7, 11) is 0. The van der Waals surface area contributed by atoms with Gasteiger partial charge in [0.25, 0.3) is 5.89 Å². The van der Waals surface area contributed by atoms with Gasteiger partial charge in [-0.1, -0.05) is 32.0 Å². The van der Waals surface area contributed by atoms with Crippen LogP contribution in [0.2, 0.25) is 0 Å². The minimum absolute atomic E-state index is 0.145. The molecule has 0 aliphatic heterocycles. The summed E-state index contributed by atoms with van der Waals surface area (Å²) in [5, 5.41) is 9.27. The van der Waals surface area contributed by atoms with Gasteiger partial charge in [-0.25, -0.2) is 4.79 Å². The van der Waals surface area contributed by atoms with Crippen LogP contribution in [0.25, 0.3) is 22.5 Å². The first-order valence-electron chi connectivity index (χ1n) is 8.13. The molecule has 0 spiro atoms. The number of hydrogen-bond acceptors (Lipinski definition) is 5. The fraction of sp³-hybridized carbons (Fsp3) is 0.389. The highest BCUT2D eigenvalue weighted by Crippen LogP contribution is 2.32. The molecule has 0 fully saturated rings. The first-order chi connectivity index (χ1) is 11.5. The smallest absolute Gasteiger partial charge is 0.328 e. The lowest BCUT2D eigenvalue weighted by molar-refractivity contribution is -0.146. The highest BCUT2D eigenvalue weighted by Gasteiger charge is 2.25. The fourth-order valence-electron chi connectivity index (χ4n) is 2.70. The van der Waals surface area contributed by atoms with Gasteiger partial charge >= 0.3 is 5.97 Å². The van der Waals surface area contributed by atoms with E-state index in [0.29, 0.717) is 18.4 Å². The summed E-state index contributed by atoms with van der Waals surface area (Å²) in [5.74, 6) is 0.840. The third-order valence-electron chi connectivity index (χ3n) is 3.92. The van der Waals surface area contributed by atoms with E-state index in [0.717, 1.165) is 16.6 Å². The van der Waals surface area contributed by atoms with Crippen molar-refractivity contribution < 1.29 is 13.9 Å². The van der Waals surface area contributed by atoms with Crippen molar-refractivity contribution in [3.63, 3.8) is 0 Å². The normalized spacial score (nSPS) is 12.7. The van der Waals surface area contributed by atoms with Crippen LogP contribution in [-0.4, -0.2) is 27.3 Å². The predicted octanol–water partition coefficient (Wildman–Crippen LogP) is 3.94. The molecule has 1 atom stereocenters. The monoisotopic (exact) mass is 327 g/mol. The van der Waals surface area contributed by atoms with Crippen LogP contribution in [0.3, 0.4) is 0 Å². The Hall–Kier alpha value is -2.63. The quantitative estimate of drug-likeness (QED) is 0.664. The van der Waals surface area contributed by atoms with E-state index >= 15 is 0 Å². The first kappa shape index (κ1) is 16.2. The van der Waals surface area contributed by atoms with Crippen molar-refractivity contribution >= 4 is 16.9 Å². The second-order valence-corrected chi connectivity index (χ2v) is 5.99. The van der Waals surface area contributed by atoms with E-state index in [1.54, 1.807) is 6.92 Å². The van der Waals surface area contributed by atoms with Gasteiger partial charge in [0.05, 0.1) is 6.61 Å². The van der Waals surface area contributed by atoms with Crippen LogP contribution in [0.15, 0.2) is 34.7 Å². The van der Waals surface area contributed by atoms with Crippen LogP contribution in [0.5, 0.6) is 0 Å². The Bertz CT molecular complexity index is 863. The zero-order valence-electron chi connectivity index (χ0n) is 14.3. The summed E-state index contributed by atoms with van der Waals surface area (Å²) in [6.45, 7) is 7.94. The fourth-order valence-corrected chi connectivity index (χ4v) is 2.70. The number of para-hydroxylation sites is 1. The lowest BCUT2D eigenvalue weighted by Gasteiger charge is -2.16. The maximum Gasteiger partial charge on any atom is 0.328 e. The standard InChI is InChI=1S/C18H21N3O3/c1-5-23-18(22)12(4)21-14-9-7-6-8-13(14)10-15(21)17-20-19-16(24-17)11(2)3/h6-12H,5H2,1-4H3. The van der Waals surface area contributed by atoms with Gasteiger partial charge < -0.3 is 13.7 Å². The number of aromatic nitrogens is 3. The maximum absolute atomic E-state index is 12.3. The van der Waals surface area contributed by atoms with Gasteiger partial charge in [0.15, 0.2) is 0 Å². The van der Waals surface area contributed by atoms with Crippen LogP contribution in [-0.2, 0) is 9.53 Å². The number of fused-ring (bicyclic) bond motifs is 1. The Morgan fingerprint density at radius 2 is 2.00 bits per heavy atom. The molecule has 1 unspecified atom stereocenters. The topological polar surface area (TPSA) is 70.2 Å². The Morgan fingerprint density at radius 1 is 1.25 bits per heavy atom. The van der Waals surface area contributed by atoms with Crippen molar-refractivity contribution in [2.24, 2.45) is 0 Å². The van der Waals surface area contributed by atoms with Gasteiger partial charge in [0.2, 0.25) is 5.89 Å². The van der Waals surface area contributed by atoms with E-state index in [1.165, 1.54) is 0 Å². The van der Waals surface area contributed by atoms with E-state index in [2.05, 4.69) is 10.2 Å². The molecule has 126 valence electrons. The molecule has 24 heavy (non-hydrogen) atoms. The molecule has 2 heterocycles. The SMILES string of the molecule is CCOC(=O)C(C)n1c(-c2nnc(C(C)C)o2)cc2ccccc21. The van der Waals surface area contributed by atoms with Gasteiger partial charge in [0.1, 0.15) is 11.7 Å². The predicted molar refractivity (Wildman–Crippen MR) is 90.7 cm³/mol. The van der Waals surface area contributed by atoms with Gasteiger partial charge in [0, 0.05) is 16.8 Å². The Morgan fingerprint density at radius 3 is 2.67 bits per heavy atom. The molecular formula is C18H21N3O3. The average molecular weight is 327 g/mol. The summed E-state index contributed by atoms with van der Waals surface area (Å²) in [5.41, 5.74) is 1.65. The van der Waals surface area contributed by atoms with Gasteiger partial charge in [-0.15, -0.1) is 10.2 Å². The number of carbonyl (C=O) groups is 1. The van der Waals surface area contributed by atoms with Crippen molar-refractivity contribution in [3.8, 4) is 11.6 Å². The number of carbonyl (C=O) groups excluding carboxylic acids is 1. The van der Waals surface area contributed by atoms with E-state index in [-0.39, 0.29) is 11.9 Å². The van der Waals surface area contributed by atoms with Crippen LogP contribution in [0.1, 0.15) is 45.5 Å². The molecule has 6 nitrogen and oxygen atoms in total. The molecule has 6 heteroatoms. The number of ether oxygens (including phenoxy) is 1. The second-order valence-electron chi connectivity index (χ2n) is 5.99. The highest BCUT2D eigenvalue weighted by atomic mass is 16.5. The Balaban J connectivity index is 2.16. The second kappa shape index (κ2) is 6.47. The van der Waals surface area contributed by atoms with Gasteiger partial charge in [-0.3, -0.25) is 0 Å². The number of hydrogen-bond donors (Lipinski definition) is 0. The number of esters is 1. The van der Waals surface area contributed by atoms with Crippen LogP contribution < -0.4 is 0 Å². The van der Waals surface area contributed by atoms with Crippen LogP contribution >= 0.6 is 0 Å². The molecule has 0 radical (unpaired) electrons. The van der Waals surface area contributed by atoms with E-state index in [9.17, 15) is 4.79 Å². The van der Waals surface area contributed by atoms with E-state index in [4.69, 9.17) is 9.15 Å². The first-order valence-corrected chi connectivity index (χ1v) is 8.13. The summed E-state index contributed by atoms with van der Waals surface area (Å²) in [4.78, 5) is 12.3. The lowest BCUT2D eigenvalue weighted by Crippen LogP contribution is -2.19. The summed E-state index contributed by atoms with van der Waals surface area (Å²) >= 11 is 0. The highest BCUT2D eigenvalue weighted by molar-refractivity contribution is 5.88. The van der Waals surface area contributed by atoms with E-state index in [1.807, 2.05) is 55.7 Å². The molecule has 0 aliphatic rings. The van der Waals surface area contributed by atoms with Crippen molar-refractivity contribution in [2.75, 3.05) is 6.61 Å². The van der Waals surface area contributed by atoms with Crippen molar-refractivity contribution in [3.05, 3.63) is 36.2 Å². The van der Waals surface area contributed by atoms with Crippen molar-refractivity contribution in [1.82, 2.24) is 14.8 Å². The Labute approximate surface area is 140 Å². The van der Waals surface area contributed by atoms with Crippen LogP contribution in [0.4, 0.5) is 0 Å². The lowest BCUT2D eigenvalue weighted by atomic mass is 10.2.